The molecule has 0 radical (unpaired) electrons. The molecule has 0 bridgehead atoms. The number of carbonyl (C=O) groups excluding carboxylic acids is 1. The van der Waals surface area contributed by atoms with Crippen molar-refractivity contribution in [3.8, 4) is 5.75 Å². The highest BCUT2D eigenvalue weighted by Gasteiger charge is 2.52. The maximum absolute atomic E-state index is 13.9. The van der Waals surface area contributed by atoms with Gasteiger partial charge >= 0.3 is 0 Å². The van der Waals surface area contributed by atoms with Crippen LogP contribution in [0.15, 0.2) is 78.9 Å². The first-order valence-electron chi connectivity index (χ1n) is 11.7. The van der Waals surface area contributed by atoms with Crippen molar-refractivity contribution >= 4 is 17.3 Å². The number of ether oxygens (including phenoxy) is 2. The molecule has 0 aliphatic carbocycles. The van der Waals surface area contributed by atoms with Crippen molar-refractivity contribution < 1.29 is 19.2 Å². The van der Waals surface area contributed by atoms with E-state index in [4.69, 9.17) is 9.47 Å². The lowest BCUT2D eigenvalue weighted by molar-refractivity contribution is -0.384. The van der Waals surface area contributed by atoms with Gasteiger partial charge in [-0.25, -0.2) is 0 Å². The van der Waals surface area contributed by atoms with Gasteiger partial charge in [0.15, 0.2) is 0 Å². The largest absolute Gasteiger partial charge is 0.497 e. The molecule has 2 saturated heterocycles. The fourth-order valence-electron chi connectivity index (χ4n) is 5.07. The second kappa shape index (κ2) is 9.38. The van der Waals surface area contributed by atoms with E-state index in [9.17, 15) is 14.9 Å². The van der Waals surface area contributed by atoms with E-state index in [-0.39, 0.29) is 17.6 Å². The highest BCUT2D eigenvalue weighted by molar-refractivity contribution is 5.95. The van der Waals surface area contributed by atoms with Crippen molar-refractivity contribution in [2.24, 2.45) is 0 Å². The Morgan fingerprint density at radius 1 is 1.00 bits per heavy atom. The minimum atomic E-state index is -0.713. The molecule has 8 heteroatoms. The Balaban J connectivity index is 1.41. The minimum absolute atomic E-state index is 0.0669. The summed E-state index contributed by atoms with van der Waals surface area (Å²) in [6.45, 7) is 1.78. The Hall–Kier alpha value is -3.91. The summed E-state index contributed by atoms with van der Waals surface area (Å²) in [6.07, 6.45) is 1.27. The van der Waals surface area contributed by atoms with Gasteiger partial charge in [0.1, 0.15) is 11.5 Å². The number of nitrogens with zero attached hydrogens (tertiary/aromatic N) is 3. The average molecular weight is 474 g/mol. The Morgan fingerprint density at radius 2 is 1.66 bits per heavy atom. The molecule has 2 fully saturated rings. The van der Waals surface area contributed by atoms with Crippen LogP contribution in [0.3, 0.4) is 0 Å². The number of hydrogen-bond donors (Lipinski definition) is 0. The van der Waals surface area contributed by atoms with Crippen molar-refractivity contribution in [3.63, 3.8) is 0 Å². The summed E-state index contributed by atoms with van der Waals surface area (Å²) in [4.78, 5) is 28.6. The van der Waals surface area contributed by atoms with Crippen molar-refractivity contribution in [3.05, 3.63) is 100 Å². The number of methoxy groups -OCH3 is 1. The number of carbonyl (C=O) groups is 1. The zero-order chi connectivity index (χ0) is 24.4. The molecule has 1 amide bonds. The summed E-state index contributed by atoms with van der Waals surface area (Å²) >= 11 is 0. The molecule has 8 nitrogen and oxygen atoms in total. The van der Waals surface area contributed by atoms with Crippen LogP contribution in [0.5, 0.6) is 5.75 Å². The van der Waals surface area contributed by atoms with Crippen LogP contribution in [0.4, 0.5) is 11.4 Å². The third kappa shape index (κ3) is 4.33. The molecule has 0 aromatic heterocycles. The molecule has 0 unspecified atom stereocenters. The van der Waals surface area contributed by atoms with E-state index in [1.165, 1.54) is 12.1 Å². The van der Waals surface area contributed by atoms with Crippen LogP contribution in [0.25, 0.3) is 0 Å². The molecular weight excluding hydrogens is 446 g/mol. The van der Waals surface area contributed by atoms with E-state index in [2.05, 4.69) is 4.90 Å². The topological polar surface area (TPSA) is 85.1 Å². The summed E-state index contributed by atoms with van der Waals surface area (Å²) in [5.74, 6) is 0.632. The van der Waals surface area contributed by atoms with E-state index in [0.29, 0.717) is 43.9 Å². The van der Waals surface area contributed by atoms with Crippen LogP contribution >= 0.6 is 0 Å². The van der Waals surface area contributed by atoms with Gasteiger partial charge in [0.05, 0.1) is 24.7 Å². The Kier molecular flexibility index (Phi) is 6.13. The minimum Gasteiger partial charge on any atom is -0.497 e. The lowest BCUT2D eigenvalue weighted by atomic mass is 9.95. The van der Waals surface area contributed by atoms with Crippen LogP contribution in [-0.4, -0.2) is 48.3 Å². The molecule has 3 aromatic carbocycles. The number of anilines is 1. The van der Waals surface area contributed by atoms with Gasteiger partial charge in [-0.15, -0.1) is 0 Å². The summed E-state index contributed by atoms with van der Waals surface area (Å²) < 4.78 is 11.7. The van der Waals surface area contributed by atoms with Crippen molar-refractivity contribution in [2.75, 3.05) is 31.7 Å². The van der Waals surface area contributed by atoms with Crippen molar-refractivity contribution in [2.45, 2.75) is 24.6 Å². The predicted molar refractivity (Wildman–Crippen MR) is 132 cm³/mol. The molecule has 5 rings (SSSR count). The van der Waals surface area contributed by atoms with Crippen LogP contribution in [0.2, 0.25) is 0 Å². The molecule has 3 aromatic rings. The van der Waals surface area contributed by atoms with Gasteiger partial charge in [0.2, 0.25) is 0 Å². The summed E-state index contributed by atoms with van der Waals surface area (Å²) in [7, 11) is 1.60. The van der Waals surface area contributed by atoms with Gasteiger partial charge in [0.25, 0.3) is 11.6 Å². The summed E-state index contributed by atoms with van der Waals surface area (Å²) in [5, 5.41) is 11.0. The standard InChI is InChI=1S/C27H27N3O5/c1-34-24-13-7-21(8-14-24)26(31)29-25(20-5-3-2-4-6-20)19-35-27(29)15-17-28(18-16-27)22-9-11-23(12-10-22)30(32)33/h2-14,25H,15-19H2,1H3/t25-/m1/s1. The maximum atomic E-state index is 13.9. The van der Waals surface area contributed by atoms with Gasteiger partial charge in [-0.3, -0.25) is 14.9 Å². The molecular formula is C27H27N3O5. The van der Waals surface area contributed by atoms with Gasteiger partial charge in [-0.05, 0) is 42.0 Å². The third-order valence-corrected chi connectivity index (χ3v) is 6.97. The highest BCUT2D eigenvalue weighted by atomic mass is 16.6. The molecule has 0 saturated carbocycles. The molecule has 2 heterocycles. The number of benzene rings is 3. The Labute approximate surface area is 203 Å². The highest BCUT2D eigenvalue weighted by Crippen LogP contribution is 2.44. The SMILES string of the molecule is COc1ccc(C(=O)N2[C@@H](c3ccccc3)COC23CCN(c2ccc([N+](=O)[O-])cc2)CC3)cc1. The first kappa shape index (κ1) is 22.9. The Morgan fingerprint density at radius 3 is 2.26 bits per heavy atom. The number of amides is 1. The molecule has 180 valence electrons. The maximum Gasteiger partial charge on any atom is 0.269 e. The van der Waals surface area contributed by atoms with Crippen LogP contribution < -0.4 is 9.64 Å². The quantitative estimate of drug-likeness (QED) is 0.390. The van der Waals surface area contributed by atoms with E-state index < -0.39 is 10.6 Å². The lowest BCUT2D eigenvalue weighted by Gasteiger charge is -2.45. The smallest absolute Gasteiger partial charge is 0.269 e. The number of nitro groups is 1. The molecule has 35 heavy (non-hydrogen) atoms. The average Bonchev–Trinajstić information content (AvgIpc) is 3.27. The van der Waals surface area contributed by atoms with Gasteiger partial charge < -0.3 is 19.3 Å². The molecule has 0 N–H and O–H groups in total. The summed E-state index contributed by atoms with van der Waals surface area (Å²) in [5.41, 5.74) is 1.92. The Bertz CT molecular complexity index is 1190. The van der Waals surface area contributed by atoms with Crippen LogP contribution in [0.1, 0.15) is 34.8 Å². The summed E-state index contributed by atoms with van der Waals surface area (Å²) in [6, 6.07) is 23.6. The second-order valence-electron chi connectivity index (χ2n) is 8.85. The number of hydrogen-bond acceptors (Lipinski definition) is 6. The molecule has 2 aliphatic rings. The van der Waals surface area contributed by atoms with Gasteiger partial charge in [-0.2, -0.15) is 0 Å². The predicted octanol–water partition coefficient (Wildman–Crippen LogP) is 4.81. The van der Waals surface area contributed by atoms with Gasteiger partial charge in [0, 0.05) is 49.3 Å². The fraction of sp³-hybridized carbons (Fsp3) is 0.296. The van der Waals surface area contributed by atoms with Gasteiger partial charge in [-0.1, -0.05) is 30.3 Å². The first-order chi connectivity index (χ1) is 17.0. The lowest BCUT2D eigenvalue weighted by Crippen LogP contribution is -2.55. The number of nitro benzene ring substituents is 1. The van der Waals surface area contributed by atoms with Crippen LogP contribution in [-0.2, 0) is 4.74 Å². The fourth-order valence-corrected chi connectivity index (χ4v) is 5.07. The molecule has 1 atom stereocenters. The number of rotatable bonds is 5. The van der Waals surface area contributed by atoms with E-state index in [1.807, 2.05) is 35.2 Å². The van der Waals surface area contributed by atoms with Crippen LogP contribution in [0, 0.1) is 10.1 Å². The van der Waals surface area contributed by atoms with Crippen molar-refractivity contribution in [1.29, 1.82) is 0 Å². The molecule has 1 spiro atoms. The molecule has 2 aliphatic heterocycles. The third-order valence-electron chi connectivity index (χ3n) is 6.97. The first-order valence-corrected chi connectivity index (χ1v) is 11.7. The zero-order valence-electron chi connectivity index (χ0n) is 19.5. The zero-order valence-corrected chi connectivity index (χ0v) is 19.5. The van der Waals surface area contributed by atoms with E-state index in [1.54, 1.807) is 43.5 Å². The van der Waals surface area contributed by atoms with E-state index in [0.717, 1.165) is 11.3 Å². The number of piperidine rings is 1. The number of non-ortho nitro benzene ring substituents is 1. The monoisotopic (exact) mass is 473 g/mol. The van der Waals surface area contributed by atoms with E-state index >= 15 is 0 Å². The normalized spacial score (nSPS) is 19.1. The second-order valence-corrected chi connectivity index (χ2v) is 8.85. The van der Waals surface area contributed by atoms with Crippen molar-refractivity contribution in [1.82, 2.24) is 4.90 Å².